The standard InChI is InChI=1S/C11H22N2O2/c1-10(2)15-8-7-14-6-5-11(3,9-12)13-4/h10,13H,5-8H2,1-4H3. The lowest BCUT2D eigenvalue weighted by atomic mass is 10.0. The molecule has 0 amide bonds. The van der Waals surface area contributed by atoms with Crippen molar-refractivity contribution >= 4 is 0 Å². The SMILES string of the molecule is CNC(C)(C#N)CCOCCOC(C)C. The van der Waals surface area contributed by atoms with Gasteiger partial charge in [0.1, 0.15) is 5.54 Å². The third kappa shape index (κ3) is 7.32. The second-order valence-electron chi connectivity index (χ2n) is 3.98. The average Bonchev–Trinajstić information content (AvgIpc) is 2.22. The molecular formula is C11H22N2O2. The molecule has 0 aliphatic carbocycles. The first kappa shape index (κ1) is 14.4. The van der Waals surface area contributed by atoms with Gasteiger partial charge in [0.25, 0.3) is 0 Å². The van der Waals surface area contributed by atoms with E-state index < -0.39 is 5.54 Å². The van der Waals surface area contributed by atoms with Crippen LogP contribution in [0, 0.1) is 11.3 Å². The fourth-order valence-corrected chi connectivity index (χ4v) is 0.958. The van der Waals surface area contributed by atoms with Gasteiger partial charge in [-0.15, -0.1) is 0 Å². The van der Waals surface area contributed by atoms with Crippen LogP contribution in [0.2, 0.25) is 0 Å². The fourth-order valence-electron chi connectivity index (χ4n) is 0.958. The zero-order valence-electron chi connectivity index (χ0n) is 10.2. The van der Waals surface area contributed by atoms with Crippen molar-refractivity contribution in [3.63, 3.8) is 0 Å². The zero-order valence-corrected chi connectivity index (χ0v) is 10.2. The number of rotatable bonds is 8. The zero-order chi connectivity index (χ0) is 11.7. The molecule has 4 nitrogen and oxygen atoms in total. The molecule has 1 atom stereocenters. The van der Waals surface area contributed by atoms with Gasteiger partial charge >= 0.3 is 0 Å². The van der Waals surface area contributed by atoms with Crippen LogP contribution in [0.25, 0.3) is 0 Å². The van der Waals surface area contributed by atoms with Gasteiger partial charge in [0.2, 0.25) is 0 Å². The lowest BCUT2D eigenvalue weighted by Gasteiger charge is -2.20. The summed E-state index contributed by atoms with van der Waals surface area (Å²) in [7, 11) is 1.78. The Balaban J connectivity index is 3.43. The summed E-state index contributed by atoms with van der Waals surface area (Å²) >= 11 is 0. The quantitative estimate of drug-likeness (QED) is 0.619. The molecule has 0 saturated heterocycles. The molecule has 0 saturated carbocycles. The van der Waals surface area contributed by atoms with Crippen molar-refractivity contribution in [1.82, 2.24) is 5.32 Å². The van der Waals surface area contributed by atoms with Gasteiger partial charge < -0.3 is 14.8 Å². The van der Waals surface area contributed by atoms with E-state index >= 15 is 0 Å². The predicted octanol–water partition coefficient (Wildman–Crippen LogP) is 1.32. The average molecular weight is 214 g/mol. The van der Waals surface area contributed by atoms with Crippen LogP contribution in [-0.4, -0.2) is 38.5 Å². The van der Waals surface area contributed by atoms with Crippen molar-refractivity contribution in [3.05, 3.63) is 0 Å². The second-order valence-corrected chi connectivity index (χ2v) is 3.98. The van der Waals surface area contributed by atoms with Crippen molar-refractivity contribution in [1.29, 1.82) is 5.26 Å². The molecule has 15 heavy (non-hydrogen) atoms. The molecule has 88 valence electrons. The highest BCUT2D eigenvalue weighted by Gasteiger charge is 2.20. The second kappa shape index (κ2) is 7.63. The van der Waals surface area contributed by atoms with Crippen molar-refractivity contribution in [2.24, 2.45) is 0 Å². The van der Waals surface area contributed by atoms with Crippen LogP contribution < -0.4 is 5.32 Å². The van der Waals surface area contributed by atoms with Gasteiger partial charge in [-0.25, -0.2) is 0 Å². The van der Waals surface area contributed by atoms with Gasteiger partial charge in [0, 0.05) is 13.0 Å². The fraction of sp³-hybridized carbons (Fsp3) is 0.909. The van der Waals surface area contributed by atoms with E-state index in [1.54, 1.807) is 7.05 Å². The molecule has 0 heterocycles. The summed E-state index contributed by atoms with van der Waals surface area (Å²) in [5.74, 6) is 0. The Bertz CT molecular complexity index is 201. The molecule has 0 aliphatic rings. The van der Waals surface area contributed by atoms with E-state index in [4.69, 9.17) is 14.7 Å². The van der Waals surface area contributed by atoms with E-state index in [1.807, 2.05) is 20.8 Å². The van der Waals surface area contributed by atoms with Gasteiger partial charge in [-0.1, -0.05) is 0 Å². The topological polar surface area (TPSA) is 54.3 Å². The van der Waals surface area contributed by atoms with Crippen LogP contribution in [0.1, 0.15) is 27.2 Å². The minimum Gasteiger partial charge on any atom is -0.379 e. The predicted molar refractivity (Wildman–Crippen MR) is 59.6 cm³/mol. The van der Waals surface area contributed by atoms with Crippen LogP contribution in [-0.2, 0) is 9.47 Å². The molecule has 0 aromatic rings. The minimum atomic E-state index is -0.487. The van der Waals surface area contributed by atoms with E-state index in [0.717, 1.165) is 0 Å². The van der Waals surface area contributed by atoms with Crippen LogP contribution in [0.15, 0.2) is 0 Å². The number of ether oxygens (including phenoxy) is 2. The Labute approximate surface area is 92.6 Å². The summed E-state index contributed by atoms with van der Waals surface area (Å²) in [6.45, 7) is 7.62. The minimum absolute atomic E-state index is 0.246. The Morgan fingerprint density at radius 1 is 1.33 bits per heavy atom. The molecular weight excluding hydrogens is 192 g/mol. The first-order valence-electron chi connectivity index (χ1n) is 5.33. The van der Waals surface area contributed by atoms with Gasteiger partial charge in [0.15, 0.2) is 0 Å². The van der Waals surface area contributed by atoms with E-state index in [9.17, 15) is 0 Å². The van der Waals surface area contributed by atoms with Gasteiger partial charge in [0.05, 0.1) is 25.4 Å². The van der Waals surface area contributed by atoms with Crippen LogP contribution in [0.3, 0.4) is 0 Å². The molecule has 0 aromatic carbocycles. The molecule has 1 unspecified atom stereocenters. The summed E-state index contributed by atoms with van der Waals surface area (Å²) in [6.07, 6.45) is 0.928. The molecule has 1 N–H and O–H groups in total. The van der Waals surface area contributed by atoms with E-state index in [1.165, 1.54) is 0 Å². The molecule has 0 aromatic heterocycles. The first-order chi connectivity index (χ1) is 7.04. The monoisotopic (exact) mass is 214 g/mol. The van der Waals surface area contributed by atoms with Crippen molar-refractivity contribution in [2.45, 2.75) is 38.8 Å². The summed E-state index contributed by atoms with van der Waals surface area (Å²) < 4.78 is 10.7. The van der Waals surface area contributed by atoms with Gasteiger partial charge in [-0.2, -0.15) is 5.26 Å². The van der Waals surface area contributed by atoms with E-state index in [-0.39, 0.29) is 6.10 Å². The lowest BCUT2D eigenvalue weighted by molar-refractivity contribution is 0.0164. The molecule has 4 heteroatoms. The summed E-state index contributed by atoms with van der Waals surface area (Å²) in [5.41, 5.74) is -0.487. The van der Waals surface area contributed by atoms with E-state index in [0.29, 0.717) is 26.2 Å². The van der Waals surface area contributed by atoms with Crippen molar-refractivity contribution in [3.8, 4) is 6.07 Å². The summed E-state index contributed by atoms with van der Waals surface area (Å²) in [5, 5.41) is 11.8. The van der Waals surface area contributed by atoms with Crippen molar-refractivity contribution in [2.75, 3.05) is 26.9 Å². The maximum absolute atomic E-state index is 8.87. The molecule has 0 radical (unpaired) electrons. The molecule has 0 spiro atoms. The highest BCUT2D eigenvalue weighted by atomic mass is 16.5. The summed E-state index contributed by atoms with van der Waals surface area (Å²) in [6, 6.07) is 2.21. The van der Waals surface area contributed by atoms with Crippen LogP contribution in [0.5, 0.6) is 0 Å². The number of nitrogens with one attached hydrogen (secondary N) is 1. The number of hydrogen-bond donors (Lipinski definition) is 1. The van der Waals surface area contributed by atoms with Crippen LogP contribution in [0.4, 0.5) is 0 Å². The third-order valence-electron chi connectivity index (χ3n) is 2.22. The highest BCUT2D eigenvalue weighted by molar-refractivity contribution is 5.02. The highest BCUT2D eigenvalue weighted by Crippen LogP contribution is 2.06. The largest absolute Gasteiger partial charge is 0.379 e. The first-order valence-corrected chi connectivity index (χ1v) is 5.33. The maximum Gasteiger partial charge on any atom is 0.105 e. The molecule has 0 aliphatic heterocycles. The third-order valence-corrected chi connectivity index (χ3v) is 2.22. The normalized spacial score (nSPS) is 14.9. The van der Waals surface area contributed by atoms with Crippen LogP contribution >= 0.6 is 0 Å². The summed E-state index contributed by atoms with van der Waals surface area (Å²) in [4.78, 5) is 0. The Kier molecular flexibility index (Phi) is 7.31. The Morgan fingerprint density at radius 3 is 2.47 bits per heavy atom. The van der Waals surface area contributed by atoms with Gasteiger partial charge in [-0.05, 0) is 27.8 Å². The number of nitriles is 1. The Morgan fingerprint density at radius 2 is 2.00 bits per heavy atom. The molecule has 0 fully saturated rings. The molecule has 0 rings (SSSR count). The lowest BCUT2D eigenvalue weighted by Crippen LogP contribution is -2.39. The molecule has 0 bridgehead atoms. The number of nitrogens with zero attached hydrogens (tertiary/aromatic N) is 1. The maximum atomic E-state index is 8.87. The number of hydrogen-bond acceptors (Lipinski definition) is 4. The Hall–Kier alpha value is -0.630. The van der Waals surface area contributed by atoms with Crippen molar-refractivity contribution < 1.29 is 9.47 Å². The van der Waals surface area contributed by atoms with E-state index in [2.05, 4.69) is 11.4 Å². The smallest absolute Gasteiger partial charge is 0.105 e. The van der Waals surface area contributed by atoms with Gasteiger partial charge in [-0.3, -0.25) is 0 Å².